The Kier molecular flexibility index (Phi) is 6.78. The second kappa shape index (κ2) is 8.15. The van der Waals surface area contributed by atoms with E-state index in [1.54, 1.807) is 0 Å². The van der Waals surface area contributed by atoms with Crippen molar-refractivity contribution in [2.24, 2.45) is 0 Å². The Labute approximate surface area is 72.2 Å². The molecule has 0 saturated heterocycles. The number of hydrogen-bond acceptors (Lipinski definition) is 1. The minimum atomic E-state index is 2.12. The average Bonchev–Trinajstić information content (AvgIpc) is 2.03. The zero-order valence-corrected chi connectivity index (χ0v) is 6.42. The molecule has 0 bridgehead atoms. The molecule has 48 valence electrons. The summed E-state index contributed by atoms with van der Waals surface area (Å²) in [5, 5.41) is 2.30. The number of terminal acetylenes is 1. The summed E-state index contributed by atoms with van der Waals surface area (Å²) in [6, 6.07) is 0. The Balaban J connectivity index is 4.04. The fourth-order valence-corrected chi connectivity index (χ4v) is 0.276. The standard InChI is InChI=1S/C10H2S/c1-2-3-4-5-6-7-8-9-10-11/h1,11H. The Hall–Kier alpha value is -1.85. The van der Waals surface area contributed by atoms with Crippen molar-refractivity contribution < 1.29 is 0 Å². The van der Waals surface area contributed by atoms with Gasteiger partial charge in [0.1, 0.15) is 0 Å². The summed E-state index contributed by atoms with van der Waals surface area (Å²) in [7, 11) is 0. The van der Waals surface area contributed by atoms with E-state index in [0.29, 0.717) is 0 Å². The largest absolute Gasteiger partial charge is 0.106 e. The first kappa shape index (κ1) is 9.15. The van der Waals surface area contributed by atoms with Gasteiger partial charge in [0.2, 0.25) is 0 Å². The summed E-state index contributed by atoms with van der Waals surface area (Å²) in [6.45, 7) is 0. The molecule has 0 aromatic rings. The monoisotopic (exact) mass is 154 g/mol. The first-order valence-electron chi connectivity index (χ1n) is 2.51. The molecule has 0 aliphatic rings. The van der Waals surface area contributed by atoms with Crippen LogP contribution in [0.1, 0.15) is 0 Å². The maximum Gasteiger partial charge on any atom is -0.0000000600 e. The molecule has 0 radical (unpaired) electrons. The molecule has 0 heterocycles. The number of rotatable bonds is 0. The maximum absolute atomic E-state index is 4.83. The van der Waals surface area contributed by atoms with Crippen LogP contribution in [-0.2, 0) is 0 Å². The van der Waals surface area contributed by atoms with Gasteiger partial charge in [0.15, 0.2) is 0 Å². The Morgan fingerprint density at radius 2 is 1.18 bits per heavy atom. The van der Waals surface area contributed by atoms with Crippen LogP contribution >= 0.6 is 12.6 Å². The van der Waals surface area contributed by atoms with Crippen molar-refractivity contribution in [1.29, 1.82) is 0 Å². The summed E-state index contributed by atoms with van der Waals surface area (Å²) in [6.07, 6.45) is 4.83. The van der Waals surface area contributed by atoms with E-state index in [9.17, 15) is 0 Å². The first-order valence-corrected chi connectivity index (χ1v) is 2.96. The van der Waals surface area contributed by atoms with Gasteiger partial charge in [0.05, 0.1) is 0 Å². The van der Waals surface area contributed by atoms with Crippen LogP contribution in [0.25, 0.3) is 0 Å². The predicted octanol–water partition coefficient (Wildman–Crippen LogP) is 0.520. The van der Waals surface area contributed by atoms with E-state index in [0.717, 1.165) is 0 Å². The molecule has 0 nitrogen and oxygen atoms in total. The predicted molar refractivity (Wildman–Crippen MR) is 48.9 cm³/mol. The Morgan fingerprint density at radius 3 is 1.64 bits per heavy atom. The molecular weight excluding hydrogens is 152 g/mol. The van der Waals surface area contributed by atoms with Crippen LogP contribution in [0.4, 0.5) is 0 Å². The zero-order chi connectivity index (χ0) is 8.36. The maximum atomic E-state index is 4.83. The van der Waals surface area contributed by atoms with Crippen molar-refractivity contribution in [3.05, 3.63) is 0 Å². The highest BCUT2D eigenvalue weighted by molar-refractivity contribution is 7.85. The fraction of sp³-hybridized carbons (Fsp3) is 0. The molecular formula is C10H2S. The molecule has 0 aromatic heterocycles. The molecule has 0 aliphatic carbocycles. The smallest absolute Gasteiger partial charge is 0.0000000600 e. The minimum Gasteiger partial charge on any atom is -0.106 e. The van der Waals surface area contributed by atoms with E-state index in [2.05, 4.69) is 65.2 Å². The minimum absolute atomic E-state index is 2.12. The summed E-state index contributed by atoms with van der Waals surface area (Å²) < 4.78 is 0. The summed E-state index contributed by atoms with van der Waals surface area (Å²) in [5.74, 6) is 19.0. The molecule has 0 aliphatic heterocycles. The van der Waals surface area contributed by atoms with E-state index >= 15 is 0 Å². The highest BCUT2D eigenvalue weighted by Crippen LogP contribution is 1.59. The van der Waals surface area contributed by atoms with Crippen LogP contribution in [0.15, 0.2) is 0 Å². The van der Waals surface area contributed by atoms with Gasteiger partial charge in [-0.15, -0.1) is 6.42 Å². The van der Waals surface area contributed by atoms with Gasteiger partial charge in [-0.25, -0.2) is 0 Å². The van der Waals surface area contributed by atoms with Crippen molar-refractivity contribution in [2.45, 2.75) is 0 Å². The van der Waals surface area contributed by atoms with E-state index in [-0.39, 0.29) is 0 Å². The van der Waals surface area contributed by atoms with E-state index in [1.807, 2.05) is 0 Å². The lowest BCUT2D eigenvalue weighted by Gasteiger charge is -1.53. The lowest BCUT2D eigenvalue weighted by Crippen LogP contribution is -1.52. The Morgan fingerprint density at radius 1 is 0.727 bits per heavy atom. The molecule has 0 N–H and O–H groups in total. The van der Waals surface area contributed by atoms with Crippen LogP contribution in [-0.4, -0.2) is 0 Å². The summed E-state index contributed by atoms with van der Waals surface area (Å²) in [5.41, 5.74) is 0. The van der Waals surface area contributed by atoms with E-state index < -0.39 is 0 Å². The van der Waals surface area contributed by atoms with Gasteiger partial charge in [-0.2, -0.15) is 0 Å². The lowest BCUT2D eigenvalue weighted by molar-refractivity contribution is 2.37. The third kappa shape index (κ3) is 8.15. The van der Waals surface area contributed by atoms with Gasteiger partial charge in [-0.3, -0.25) is 0 Å². The molecule has 0 saturated carbocycles. The van der Waals surface area contributed by atoms with Crippen molar-refractivity contribution >= 4 is 12.6 Å². The van der Waals surface area contributed by atoms with Crippen LogP contribution in [0.2, 0.25) is 0 Å². The molecule has 11 heavy (non-hydrogen) atoms. The summed E-state index contributed by atoms with van der Waals surface area (Å²) in [4.78, 5) is 0. The average molecular weight is 154 g/mol. The highest BCUT2D eigenvalue weighted by atomic mass is 32.1. The van der Waals surface area contributed by atoms with Gasteiger partial charge in [0.25, 0.3) is 0 Å². The molecule has 1 heteroatoms. The molecule has 0 unspecified atom stereocenters. The van der Waals surface area contributed by atoms with Crippen molar-refractivity contribution in [2.75, 3.05) is 0 Å². The topological polar surface area (TPSA) is 0 Å². The van der Waals surface area contributed by atoms with Crippen molar-refractivity contribution in [1.82, 2.24) is 0 Å². The third-order valence-corrected chi connectivity index (χ3v) is 0.615. The molecule has 0 spiro atoms. The van der Waals surface area contributed by atoms with Gasteiger partial charge < -0.3 is 0 Å². The zero-order valence-electron chi connectivity index (χ0n) is 5.52. The Bertz CT molecular complexity index is 391. The van der Waals surface area contributed by atoms with Crippen molar-refractivity contribution in [3.8, 4) is 59.0 Å². The van der Waals surface area contributed by atoms with Crippen LogP contribution in [0.5, 0.6) is 0 Å². The fourth-order valence-electron chi connectivity index (χ4n) is 0.220. The normalized spacial score (nSPS) is 3.64. The molecule has 0 amide bonds. The van der Waals surface area contributed by atoms with Crippen LogP contribution < -0.4 is 0 Å². The number of hydrogen-bond donors (Lipinski definition) is 1. The van der Waals surface area contributed by atoms with Gasteiger partial charge >= 0.3 is 0 Å². The van der Waals surface area contributed by atoms with Crippen LogP contribution in [0, 0.1) is 59.0 Å². The van der Waals surface area contributed by atoms with Gasteiger partial charge in [0, 0.05) is 0 Å². The van der Waals surface area contributed by atoms with Crippen LogP contribution in [0.3, 0.4) is 0 Å². The molecule has 0 aromatic carbocycles. The van der Waals surface area contributed by atoms with Gasteiger partial charge in [-0.1, -0.05) is 12.6 Å². The van der Waals surface area contributed by atoms with Crippen molar-refractivity contribution in [3.63, 3.8) is 0 Å². The first-order chi connectivity index (χ1) is 5.41. The lowest BCUT2D eigenvalue weighted by atomic mass is 10.5. The third-order valence-electron chi connectivity index (χ3n) is 0.503. The quantitative estimate of drug-likeness (QED) is 0.381. The van der Waals surface area contributed by atoms with E-state index in [1.165, 1.54) is 0 Å². The second-order valence-corrected chi connectivity index (χ2v) is 1.35. The number of thiol groups is 1. The highest BCUT2D eigenvalue weighted by Gasteiger charge is 1.53. The SMILES string of the molecule is C#CC#CC#CC#CC#CS. The second-order valence-electron chi connectivity index (χ2n) is 1.13. The summed E-state index contributed by atoms with van der Waals surface area (Å²) >= 11 is 3.61. The molecule has 0 rings (SSSR count). The molecule has 0 fully saturated rings. The molecule has 0 atom stereocenters. The van der Waals surface area contributed by atoms with E-state index in [4.69, 9.17) is 6.42 Å². The van der Waals surface area contributed by atoms with Gasteiger partial charge in [-0.05, 0) is 52.6 Å².